The van der Waals surface area contributed by atoms with Crippen molar-refractivity contribution < 1.29 is 8.78 Å². The lowest BCUT2D eigenvalue weighted by atomic mass is 10.1. The van der Waals surface area contributed by atoms with Gasteiger partial charge in [0, 0.05) is 11.9 Å². The predicted molar refractivity (Wildman–Crippen MR) is 61.6 cm³/mol. The van der Waals surface area contributed by atoms with E-state index >= 15 is 0 Å². The highest BCUT2D eigenvalue weighted by molar-refractivity contribution is 5.66. The number of nitrogen functional groups attached to an aromatic ring is 1. The van der Waals surface area contributed by atoms with Gasteiger partial charge in [-0.05, 0) is 42.3 Å². The Kier molecular flexibility index (Phi) is 2.99. The molecular formula is C12H11F2N3. The molecule has 2 N–H and O–H groups in total. The van der Waals surface area contributed by atoms with Crippen molar-refractivity contribution in [1.82, 2.24) is 9.97 Å². The lowest BCUT2D eigenvalue weighted by Crippen LogP contribution is -1.94. The number of hydrogen-bond acceptors (Lipinski definition) is 3. The van der Waals surface area contributed by atoms with Gasteiger partial charge in [-0.25, -0.2) is 13.8 Å². The minimum Gasteiger partial charge on any atom is -0.384 e. The Morgan fingerprint density at radius 1 is 1.18 bits per heavy atom. The van der Waals surface area contributed by atoms with E-state index in [4.69, 9.17) is 5.73 Å². The maximum atomic E-state index is 12.5. The summed E-state index contributed by atoms with van der Waals surface area (Å²) in [5.74, 6) is 0.371. The lowest BCUT2D eigenvalue weighted by Gasteiger charge is -2.06. The van der Waals surface area contributed by atoms with Gasteiger partial charge in [0.25, 0.3) is 6.43 Å². The van der Waals surface area contributed by atoms with E-state index in [0.717, 1.165) is 11.3 Å². The Labute approximate surface area is 97.3 Å². The van der Waals surface area contributed by atoms with Crippen molar-refractivity contribution in [3.05, 3.63) is 41.9 Å². The van der Waals surface area contributed by atoms with Crippen LogP contribution in [-0.4, -0.2) is 9.97 Å². The molecule has 2 aromatic heterocycles. The van der Waals surface area contributed by atoms with Crippen LogP contribution in [0, 0.1) is 6.92 Å². The van der Waals surface area contributed by atoms with Crippen LogP contribution < -0.4 is 5.73 Å². The number of nitrogens with two attached hydrogens (primary N) is 1. The Balaban J connectivity index is 2.49. The zero-order valence-corrected chi connectivity index (χ0v) is 9.19. The molecule has 0 unspecified atom stereocenters. The molecule has 3 nitrogen and oxygen atoms in total. The van der Waals surface area contributed by atoms with Gasteiger partial charge in [0.15, 0.2) is 0 Å². The molecule has 0 aliphatic rings. The van der Waals surface area contributed by atoms with Crippen LogP contribution in [0.5, 0.6) is 0 Å². The molecule has 0 aliphatic heterocycles. The van der Waals surface area contributed by atoms with Crippen LogP contribution >= 0.6 is 0 Å². The van der Waals surface area contributed by atoms with Crippen molar-refractivity contribution in [3.8, 4) is 11.1 Å². The number of halogens is 2. The van der Waals surface area contributed by atoms with E-state index in [-0.39, 0.29) is 5.69 Å². The van der Waals surface area contributed by atoms with Gasteiger partial charge in [0.1, 0.15) is 11.5 Å². The molecule has 0 aliphatic carbocycles. The first-order valence-corrected chi connectivity index (χ1v) is 5.05. The summed E-state index contributed by atoms with van der Waals surface area (Å²) in [5, 5.41) is 0. The summed E-state index contributed by atoms with van der Waals surface area (Å²) in [5.41, 5.74) is 7.55. The highest BCUT2D eigenvalue weighted by Crippen LogP contribution is 2.25. The number of pyridine rings is 2. The summed E-state index contributed by atoms with van der Waals surface area (Å²) in [4.78, 5) is 7.64. The van der Waals surface area contributed by atoms with Crippen LogP contribution in [0.25, 0.3) is 11.1 Å². The SMILES string of the molecule is Cc1cc(-c2ccnc(C(F)F)c2)cc(N)n1. The predicted octanol–water partition coefficient (Wildman–Crippen LogP) is 2.97. The Morgan fingerprint density at radius 2 is 1.94 bits per heavy atom. The zero-order valence-electron chi connectivity index (χ0n) is 9.19. The van der Waals surface area contributed by atoms with Crippen LogP contribution in [-0.2, 0) is 0 Å². The summed E-state index contributed by atoms with van der Waals surface area (Å²) in [6.45, 7) is 1.80. The molecule has 0 bridgehead atoms. The van der Waals surface area contributed by atoms with E-state index in [1.807, 2.05) is 0 Å². The lowest BCUT2D eigenvalue weighted by molar-refractivity contribution is 0.146. The Hall–Kier alpha value is -2.04. The molecule has 0 aromatic carbocycles. The molecule has 0 spiro atoms. The molecular weight excluding hydrogens is 224 g/mol. The fourth-order valence-electron chi connectivity index (χ4n) is 1.61. The van der Waals surface area contributed by atoms with Gasteiger partial charge < -0.3 is 5.73 Å². The van der Waals surface area contributed by atoms with Crippen molar-refractivity contribution in [2.24, 2.45) is 0 Å². The molecule has 2 rings (SSSR count). The minimum absolute atomic E-state index is 0.240. The van der Waals surface area contributed by atoms with Crippen LogP contribution in [0.3, 0.4) is 0 Å². The van der Waals surface area contributed by atoms with E-state index in [1.54, 1.807) is 25.1 Å². The van der Waals surface area contributed by atoms with Gasteiger partial charge in [-0.1, -0.05) is 0 Å². The first-order chi connectivity index (χ1) is 8.06. The van der Waals surface area contributed by atoms with Crippen molar-refractivity contribution in [3.63, 3.8) is 0 Å². The second-order valence-electron chi connectivity index (χ2n) is 3.69. The number of aromatic nitrogens is 2. The molecule has 2 heterocycles. The van der Waals surface area contributed by atoms with Crippen molar-refractivity contribution in [2.75, 3.05) is 5.73 Å². The van der Waals surface area contributed by atoms with Gasteiger partial charge in [0.05, 0.1) is 0 Å². The van der Waals surface area contributed by atoms with Gasteiger partial charge >= 0.3 is 0 Å². The number of hydrogen-bond donors (Lipinski definition) is 1. The Bertz CT molecular complexity index is 521. The smallest absolute Gasteiger partial charge is 0.280 e. The molecule has 17 heavy (non-hydrogen) atoms. The fraction of sp³-hybridized carbons (Fsp3) is 0.167. The topological polar surface area (TPSA) is 51.8 Å². The number of anilines is 1. The minimum atomic E-state index is -2.57. The standard InChI is InChI=1S/C12H11F2N3/c1-7-4-9(6-11(15)17-7)8-2-3-16-10(5-8)12(13)14/h2-6,12H,1H3,(H2,15,17). The molecule has 88 valence electrons. The summed E-state index contributed by atoms with van der Waals surface area (Å²) < 4.78 is 25.0. The maximum Gasteiger partial charge on any atom is 0.280 e. The first-order valence-electron chi connectivity index (χ1n) is 5.05. The Morgan fingerprint density at radius 3 is 2.59 bits per heavy atom. The fourth-order valence-corrected chi connectivity index (χ4v) is 1.61. The largest absolute Gasteiger partial charge is 0.384 e. The van der Waals surface area contributed by atoms with Gasteiger partial charge in [0.2, 0.25) is 0 Å². The number of aryl methyl sites for hydroxylation is 1. The number of nitrogens with zero attached hydrogens (tertiary/aromatic N) is 2. The second kappa shape index (κ2) is 4.45. The summed E-state index contributed by atoms with van der Waals surface area (Å²) >= 11 is 0. The molecule has 0 saturated carbocycles. The first kappa shape index (κ1) is 11.4. The third-order valence-electron chi connectivity index (χ3n) is 2.31. The van der Waals surface area contributed by atoms with Crippen LogP contribution in [0.1, 0.15) is 17.8 Å². The van der Waals surface area contributed by atoms with E-state index in [9.17, 15) is 8.78 Å². The van der Waals surface area contributed by atoms with E-state index in [0.29, 0.717) is 11.4 Å². The summed E-state index contributed by atoms with van der Waals surface area (Å²) in [6.07, 6.45) is -1.21. The zero-order chi connectivity index (χ0) is 12.4. The van der Waals surface area contributed by atoms with E-state index in [2.05, 4.69) is 9.97 Å². The van der Waals surface area contributed by atoms with E-state index in [1.165, 1.54) is 12.3 Å². The molecule has 0 fully saturated rings. The average molecular weight is 235 g/mol. The van der Waals surface area contributed by atoms with Crippen LogP contribution in [0.2, 0.25) is 0 Å². The van der Waals surface area contributed by atoms with Crippen LogP contribution in [0.15, 0.2) is 30.5 Å². The average Bonchev–Trinajstić information content (AvgIpc) is 2.28. The maximum absolute atomic E-state index is 12.5. The van der Waals surface area contributed by atoms with Crippen LogP contribution in [0.4, 0.5) is 14.6 Å². The van der Waals surface area contributed by atoms with Gasteiger partial charge in [-0.2, -0.15) is 0 Å². The quantitative estimate of drug-likeness (QED) is 0.870. The second-order valence-corrected chi connectivity index (χ2v) is 3.69. The monoisotopic (exact) mass is 235 g/mol. The molecule has 0 radical (unpaired) electrons. The normalized spacial score (nSPS) is 10.8. The highest BCUT2D eigenvalue weighted by atomic mass is 19.3. The number of rotatable bonds is 2. The van der Waals surface area contributed by atoms with Gasteiger partial charge in [-0.3, -0.25) is 4.98 Å². The summed E-state index contributed by atoms with van der Waals surface area (Å²) in [6, 6.07) is 6.47. The third-order valence-corrected chi connectivity index (χ3v) is 2.31. The summed E-state index contributed by atoms with van der Waals surface area (Å²) in [7, 11) is 0. The molecule has 2 aromatic rings. The molecule has 0 atom stereocenters. The van der Waals surface area contributed by atoms with E-state index < -0.39 is 6.43 Å². The molecule has 0 amide bonds. The third kappa shape index (κ3) is 2.55. The molecule has 0 saturated heterocycles. The number of alkyl halides is 2. The van der Waals surface area contributed by atoms with Crippen molar-refractivity contribution >= 4 is 5.82 Å². The highest BCUT2D eigenvalue weighted by Gasteiger charge is 2.10. The molecule has 5 heteroatoms. The van der Waals surface area contributed by atoms with Crippen molar-refractivity contribution in [2.45, 2.75) is 13.3 Å². The van der Waals surface area contributed by atoms with Crippen molar-refractivity contribution in [1.29, 1.82) is 0 Å². The van der Waals surface area contributed by atoms with Gasteiger partial charge in [-0.15, -0.1) is 0 Å².